The maximum atomic E-state index is 12.4. The molecule has 1 aliphatic heterocycles. The SMILES string of the molecule is COCCN(CC(=O)O)C(=O)N(C)C1CCCN(C)C1. The molecule has 0 aromatic carbocycles. The van der Waals surface area contributed by atoms with E-state index in [2.05, 4.69) is 4.90 Å². The Hall–Kier alpha value is -1.34. The quantitative estimate of drug-likeness (QED) is 0.753. The minimum absolute atomic E-state index is 0.139. The van der Waals surface area contributed by atoms with Gasteiger partial charge in [0, 0.05) is 33.3 Å². The summed E-state index contributed by atoms with van der Waals surface area (Å²) in [6.07, 6.45) is 2.01. The number of aliphatic carboxylic acids is 1. The predicted molar refractivity (Wildman–Crippen MR) is 74.8 cm³/mol. The van der Waals surface area contributed by atoms with Crippen molar-refractivity contribution >= 4 is 12.0 Å². The van der Waals surface area contributed by atoms with Gasteiger partial charge in [0.1, 0.15) is 6.54 Å². The van der Waals surface area contributed by atoms with Crippen molar-refractivity contribution in [3.63, 3.8) is 0 Å². The zero-order chi connectivity index (χ0) is 15.1. The second-order valence-electron chi connectivity index (χ2n) is 5.26. The number of carbonyl (C=O) groups excluding carboxylic acids is 1. The standard InChI is InChI=1S/C13H25N3O4/c1-14-6-4-5-11(9-14)15(2)13(19)16(7-8-20-3)10-12(17)18/h11H,4-10H2,1-3H3,(H,17,18). The van der Waals surface area contributed by atoms with Crippen molar-refractivity contribution in [2.75, 3.05) is 54.0 Å². The van der Waals surface area contributed by atoms with Gasteiger partial charge in [0.25, 0.3) is 0 Å². The van der Waals surface area contributed by atoms with Crippen LogP contribution in [-0.2, 0) is 9.53 Å². The Morgan fingerprint density at radius 3 is 2.70 bits per heavy atom. The third-order valence-electron chi connectivity index (χ3n) is 3.61. The van der Waals surface area contributed by atoms with E-state index in [9.17, 15) is 9.59 Å². The fourth-order valence-electron chi connectivity index (χ4n) is 2.44. The van der Waals surface area contributed by atoms with Crippen molar-refractivity contribution in [2.24, 2.45) is 0 Å². The number of piperidine rings is 1. The van der Waals surface area contributed by atoms with Crippen LogP contribution >= 0.6 is 0 Å². The van der Waals surface area contributed by atoms with Crippen molar-refractivity contribution in [1.29, 1.82) is 0 Å². The number of nitrogens with zero attached hydrogens (tertiary/aromatic N) is 3. The lowest BCUT2D eigenvalue weighted by molar-refractivity contribution is -0.137. The van der Waals surface area contributed by atoms with Gasteiger partial charge in [-0.3, -0.25) is 4.79 Å². The highest BCUT2D eigenvalue weighted by Crippen LogP contribution is 2.15. The molecule has 2 amide bonds. The molecule has 1 aliphatic rings. The molecule has 0 saturated carbocycles. The molecule has 0 bridgehead atoms. The van der Waals surface area contributed by atoms with Crippen molar-refractivity contribution in [2.45, 2.75) is 18.9 Å². The van der Waals surface area contributed by atoms with E-state index in [1.807, 2.05) is 7.05 Å². The summed E-state index contributed by atoms with van der Waals surface area (Å²) in [5.41, 5.74) is 0. The molecule has 1 saturated heterocycles. The monoisotopic (exact) mass is 287 g/mol. The Balaban J connectivity index is 2.63. The number of carboxylic acid groups (broad SMARTS) is 1. The van der Waals surface area contributed by atoms with E-state index in [1.165, 1.54) is 12.0 Å². The van der Waals surface area contributed by atoms with Gasteiger partial charge in [0.05, 0.1) is 6.61 Å². The number of methoxy groups -OCH3 is 1. The van der Waals surface area contributed by atoms with Crippen molar-refractivity contribution in [3.05, 3.63) is 0 Å². The average Bonchev–Trinajstić information content (AvgIpc) is 2.41. The Labute approximate surface area is 120 Å². The summed E-state index contributed by atoms with van der Waals surface area (Å²) in [7, 11) is 5.31. The highest BCUT2D eigenvalue weighted by molar-refractivity contribution is 5.80. The first-order chi connectivity index (χ1) is 9.45. The zero-order valence-corrected chi connectivity index (χ0v) is 12.5. The van der Waals surface area contributed by atoms with Crippen LogP contribution in [0.3, 0.4) is 0 Å². The van der Waals surface area contributed by atoms with Crippen molar-refractivity contribution < 1.29 is 19.4 Å². The smallest absolute Gasteiger partial charge is 0.323 e. The summed E-state index contributed by atoms with van der Waals surface area (Å²) in [6.45, 7) is 2.19. The van der Waals surface area contributed by atoms with Gasteiger partial charge in [-0.15, -0.1) is 0 Å². The lowest BCUT2D eigenvalue weighted by Crippen LogP contribution is -2.53. The van der Waals surface area contributed by atoms with Crippen LogP contribution in [0.15, 0.2) is 0 Å². The minimum atomic E-state index is -1.01. The van der Waals surface area contributed by atoms with E-state index in [0.717, 1.165) is 25.9 Å². The molecule has 1 fully saturated rings. The Kier molecular flexibility index (Phi) is 6.74. The minimum Gasteiger partial charge on any atom is -0.480 e. The molecule has 0 spiro atoms. The first-order valence-corrected chi connectivity index (χ1v) is 6.86. The van der Waals surface area contributed by atoms with Gasteiger partial charge in [0.2, 0.25) is 0 Å². The third kappa shape index (κ3) is 4.97. The van der Waals surface area contributed by atoms with Crippen LogP contribution in [0.1, 0.15) is 12.8 Å². The number of likely N-dealkylation sites (N-methyl/N-ethyl adjacent to an activating group) is 2. The number of carbonyl (C=O) groups is 2. The molecule has 20 heavy (non-hydrogen) atoms. The molecule has 1 rings (SSSR count). The molecule has 0 aromatic rings. The molecule has 1 unspecified atom stereocenters. The highest BCUT2D eigenvalue weighted by Gasteiger charge is 2.28. The van der Waals surface area contributed by atoms with Gasteiger partial charge >= 0.3 is 12.0 Å². The van der Waals surface area contributed by atoms with Gasteiger partial charge in [-0.25, -0.2) is 4.79 Å². The summed E-state index contributed by atoms with van der Waals surface area (Å²) >= 11 is 0. The maximum absolute atomic E-state index is 12.4. The molecule has 116 valence electrons. The predicted octanol–water partition coefficient (Wildman–Crippen LogP) is 0.165. The van der Waals surface area contributed by atoms with Gasteiger partial charge in [0.15, 0.2) is 0 Å². The molecule has 1 atom stereocenters. The highest BCUT2D eigenvalue weighted by atomic mass is 16.5. The largest absolute Gasteiger partial charge is 0.480 e. The van der Waals surface area contributed by atoms with Crippen LogP contribution < -0.4 is 0 Å². The number of carboxylic acids is 1. The topological polar surface area (TPSA) is 73.3 Å². The molecule has 7 nitrogen and oxygen atoms in total. The Bertz CT molecular complexity index is 338. The summed E-state index contributed by atoms with van der Waals surface area (Å²) in [5.74, 6) is -1.01. The van der Waals surface area contributed by atoms with E-state index in [1.54, 1.807) is 11.9 Å². The van der Waals surface area contributed by atoms with Crippen LogP contribution in [-0.4, -0.2) is 91.8 Å². The van der Waals surface area contributed by atoms with Gasteiger partial charge in [-0.1, -0.05) is 0 Å². The van der Waals surface area contributed by atoms with Crippen LogP contribution in [0.4, 0.5) is 4.79 Å². The Morgan fingerprint density at radius 1 is 1.45 bits per heavy atom. The van der Waals surface area contributed by atoms with Gasteiger partial charge in [-0.05, 0) is 26.4 Å². The van der Waals surface area contributed by atoms with Gasteiger partial charge in [-0.2, -0.15) is 0 Å². The normalized spacial score (nSPS) is 19.6. The van der Waals surface area contributed by atoms with Crippen molar-refractivity contribution in [1.82, 2.24) is 14.7 Å². The number of amides is 2. The lowest BCUT2D eigenvalue weighted by atomic mass is 10.1. The zero-order valence-electron chi connectivity index (χ0n) is 12.5. The first-order valence-electron chi connectivity index (χ1n) is 6.86. The summed E-state index contributed by atoms with van der Waals surface area (Å²) in [4.78, 5) is 28.4. The molecule has 0 aromatic heterocycles. The fourth-order valence-corrected chi connectivity index (χ4v) is 2.44. The Morgan fingerprint density at radius 2 is 2.15 bits per heavy atom. The fraction of sp³-hybridized carbons (Fsp3) is 0.846. The third-order valence-corrected chi connectivity index (χ3v) is 3.61. The molecule has 0 aliphatic carbocycles. The van der Waals surface area contributed by atoms with Gasteiger partial charge < -0.3 is 24.5 Å². The summed E-state index contributed by atoms with van der Waals surface area (Å²) in [5, 5.41) is 8.90. The second kappa shape index (κ2) is 8.06. The van der Waals surface area contributed by atoms with Crippen molar-refractivity contribution in [3.8, 4) is 0 Å². The van der Waals surface area contributed by atoms with E-state index in [4.69, 9.17) is 9.84 Å². The molecule has 7 heteroatoms. The lowest BCUT2D eigenvalue weighted by Gasteiger charge is -2.38. The number of rotatable bonds is 6. The second-order valence-corrected chi connectivity index (χ2v) is 5.26. The first kappa shape index (κ1) is 16.7. The number of ether oxygens (including phenoxy) is 1. The average molecular weight is 287 g/mol. The van der Waals surface area contributed by atoms with Crippen LogP contribution in [0.25, 0.3) is 0 Å². The van der Waals surface area contributed by atoms with E-state index in [0.29, 0.717) is 6.61 Å². The van der Waals surface area contributed by atoms with Crippen LogP contribution in [0, 0.1) is 0 Å². The maximum Gasteiger partial charge on any atom is 0.323 e. The number of urea groups is 1. The van der Waals surface area contributed by atoms with Crippen LogP contribution in [0.5, 0.6) is 0 Å². The van der Waals surface area contributed by atoms with Crippen LogP contribution in [0.2, 0.25) is 0 Å². The number of hydrogen-bond acceptors (Lipinski definition) is 4. The molecular formula is C13H25N3O4. The molecular weight excluding hydrogens is 262 g/mol. The summed E-state index contributed by atoms with van der Waals surface area (Å²) in [6, 6.07) is -0.107. The molecule has 0 radical (unpaired) electrons. The summed E-state index contributed by atoms with van der Waals surface area (Å²) < 4.78 is 4.93. The van der Waals surface area contributed by atoms with E-state index in [-0.39, 0.29) is 25.2 Å². The van der Waals surface area contributed by atoms with E-state index >= 15 is 0 Å². The number of likely N-dealkylation sites (tertiary alicyclic amines) is 1. The van der Waals surface area contributed by atoms with E-state index < -0.39 is 5.97 Å². The molecule has 1 heterocycles. The number of hydrogen-bond donors (Lipinski definition) is 1. The molecule has 1 N–H and O–H groups in total.